The molecule has 0 unspecified atom stereocenters. The fraction of sp³-hybridized carbons (Fsp3) is 0.323. The predicted octanol–water partition coefficient (Wildman–Crippen LogP) is 17.0. The van der Waals surface area contributed by atoms with Crippen LogP contribution in [0.3, 0.4) is 0 Å². The molecule has 2 aromatic heterocycles. The molecule has 0 fully saturated rings. The molecule has 9 rings (SSSR count). The van der Waals surface area contributed by atoms with E-state index in [1.165, 1.54) is 38.9 Å². The van der Waals surface area contributed by atoms with Crippen molar-refractivity contribution in [1.82, 2.24) is 9.55 Å². The van der Waals surface area contributed by atoms with E-state index in [2.05, 4.69) is 239 Å². The van der Waals surface area contributed by atoms with Crippen LogP contribution in [0.2, 0.25) is 0 Å². The van der Waals surface area contributed by atoms with Gasteiger partial charge in [0.25, 0.3) is 0 Å². The van der Waals surface area contributed by atoms with Gasteiger partial charge in [0, 0.05) is 66.9 Å². The second-order valence-corrected chi connectivity index (χ2v) is 23.1. The molecule has 0 spiro atoms. The van der Waals surface area contributed by atoms with Crippen molar-refractivity contribution in [3.05, 3.63) is 174 Å². The van der Waals surface area contributed by atoms with Gasteiger partial charge in [0.05, 0.1) is 0 Å². The third kappa shape index (κ3) is 9.66. The van der Waals surface area contributed by atoms with E-state index in [1.54, 1.807) is 0 Å². The Morgan fingerprint density at radius 3 is 1.78 bits per heavy atom. The molecule has 0 radical (unpaired) electrons. The second kappa shape index (κ2) is 18.0. The molecular weight excluding hydrogens is 1010 g/mol. The summed E-state index contributed by atoms with van der Waals surface area (Å²) < 4.78 is 9.03. The third-order valence-electron chi connectivity index (χ3n) is 13.2. The smallest absolute Gasteiger partial charge is 0.135 e. The van der Waals surface area contributed by atoms with Crippen LogP contribution in [0.1, 0.15) is 125 Å². The number of anilines is 4. The minimum atomic E-state index is -0.0379. The molecule has 354 valence electrons. The van der Waals surface area contributed by atoms with Gasteiger partial charge in [-0.25, -0.2) is 4.98 Å². The molecule has 1 aliphatic rings. The molecule has 0 bridgehead atoms. The van der Waals surface area contributed by atoms with E-state index in [1.807, 2.05) is 18.2 Å². The molecule has 0 amide bonds. The Morgan fingerprint density at radius 2 is 1.16 bits per heavy atom. The number of ether oxygens (including phenoxy) is 1. The van der Waals surface area contributed by atoms with E-state index in [-0.39, 0.29) is 42.7 Å². The van der Waals surface area contributed by atoms with Crippen molar-refractivity contribution < 1.29 is 25.8 Å². The van der Waals surface area contributed by atoms with Crippen molar-refractivity contribution in [3.8, 4) is 28.4 Å². The van der Waals surface area contributed by atoms with E-state index >= 15 is 0 Å². The predicted molar refractivity (Wildman–Crippen MR) is 283 cm³/mol. The van der Waals surface area contributed by atoms with Gasteiger partial charge in [0.15, 0.2) is 0 Å². The van der Waals surface area contributed by atoms with Crippen LogP contribution in [0.5, 0.6) is 11.5 Å². The zero-order chi connectivity index (χ0) is 47.8. The van der Waals surface area contributed by atoms with Crippen LogP contribution >= 0.6 is 0 Å². The average molecular weight is 1080 g/mol. The molecule has 68 heavy (non-hydrogen) atoms. The number of pyridine rings is 1. The van der Waals surface area contributed by atoms with Crippen molar-refractivity contribution in [2.45, 2.75) is 125 Å². The monoisotopic (exact) mass is 1080 g/mol. The maximum Gasteiger partial charge on any atom is 0.135 e. The number of fused-ring (bicyclic) bond motifs is 4. The van der Waals surface area contributed by atoms with Crippen molar-refractivity contribution in [2.24, 2.45) is 5.92 Å². The Morgan fingerprint density at radius 1 is 0.574 bits per heavy atom. The summed E-state index contributed by atoms with van der Waals surface area (Å²) in [7, 11) is 0. The van der Waals surface area contributed by atoms with Gasteiger partial charge in [-0.05, 0) is 109 Å². The third-order valence-corrected chi connectivity index (χ3v) is 13.2. The summed E-state index contributed by atoms with van der Waals surface area (Å²) >= 11 is 0. The molecule has 8 aromatic rings. The van der Waals surface area contributed by atoms with Gasteiger partial charge in [-0.15, -0.1) is 48.1 Å². The first kappa shape index (κ1) is 48.8. The first-order valence-electron chi connectivity index (χ1n) is 24.0. The summed E-state index contributed by atoms with van der Waals surface area (Å²) in [6, 6.07) is 51.5. The van der Waals surface area contributed by atoms with E-state index in [9.17, 15) is 0 Å². The minimum Gasteiger partial charge on any atom is -0.509 e. The summed E-state index contributed by atoms with van der Waals surface area (Å²) in [5.74, 6) is 2.55. The van der Waals surface area contributed by atoms with Crippen molar-refractivity contribution >= 4 is 44.6 Å². The van der Waals surface area contributed by atoms with Crippen LogP contribution in [-0.2, 0) is 49.1 Å². The molecule has 0 aliphatic carbocycles. The number of para-hydroxylation sites is 2. The summed E-state index contributed by atoms with van der Waals surface area (Å²) in [6.45, 7) is 34.1. The first-order chi connectivity index (χ1) is 31.5. The van der Waals surface area contributed by atoms with Crippen LogP contribution in [0.4, 0.5) is 22.7 Å². The Balaban J connectivity index is 0.00000625. The Labute approximate surface area is 420 Å². The van der Waals surface area contributed by atoms with Crippen molar-refractivity contribution in [3.63, 3.8) is 0 Å². The molecule has 5 nitrogen and oxygen atoms in total. The van der Waals surface area contributed by atoms with Gasteiger partial charge in [-0.1, -0.05) is 157 Å². The maximum absolute atomic E-state index is 6.75. The largest absolute Gasteiger partial charge is 0.509 e. The maximum atomic E-state index is 6.75. The number of rotatable bonds is 8. The fourth-order valence-corrected chi connectivity index (χ4v) is 9.19. The van der Waals surface area contributed by atoms with Gasteiger partial charge in [0.2, 0.25) is 0 Å². The van der Waals surface area contributed by atoms with Gasteiger partial charge in [-0.3, -0.25) is 0 Å². The number of benzene rings is 6. The van der Waals surface area contributed by atoms with Crippen LogP contribution < -0.4 is 14.5 Å². The number of nitrogens with zero attached hydrogens (tertiary/aromatic N) is 4. The van der Waals surface area contributed by atoms with Gasteiger partial charge < -0.3 is 19.1 Å². The molecule has 1 aliphatic heterocycles. The summed E-state index contributed by atoms with van der Waals surface area (Å²) in [4.78, 5) is 9.78. The van der Waals surface area contributed by atoms with Crippen LogP contribution in [0, 0.1) is 24.7 Å². The number of hydrogen-bond donors (Lipinski definition) is 0. The van der Waals surface area contributed by atoms with Crippen molar-refractivity contribution in [2.75, 3.05) is 9.80 Å². The quantitative estimate of drug-likeness (QED) is 0.142. The molecule has 6 aromatic carbocycles. The van der Waals surface area contributed by atoms with Gasteiger partial charge in [-0.2, -0.15) is 12.1 Å². The molecular formula is C62H67N4OPt-3. The summed E-state index contributed by atoms with van der Waals surface area (Å²) in [6.07, 6.45) is 3.00. The van der Waals surface area contributed by atoms with E-state index in [0.717, 1.165) is 56.8 Å². The Bertz CT molecular complexity index is 3100. The summed E-state index contributed by atoms with van der Waals surface area (Å²) in [5, 5.41) is 2.26. The fourth-order valence-electron chi connectivity index (χ4n) is 9.19. The normalized spacial score (nSPS) is 13.4. The van der Waals surface area contributed by atoms with Crippen LogP contribution in [-0.4, -0.2) is 9.55 Å². The van der Waals surface area contributed by atoms with Gasteiger partial charge >= 0.3 is 0 Å². The Hall–Kier alpha value is -5.64. The van der Waals surface area contributed by atoms with Crippen LogP contribution in [0.25, 0.3) is 38.8 Å². The topological polar surface area (TPSA) is 33.5 Å². The molecule has 0 saturated carbocycles. The molecule has 6 heteroatoms. The zero-order valence-electron chi connectivity index (χ0n) is 42.5. The van der Waals surface area contributed by atoms with Gasteiger partial charge in [0.1, 0.15) is 5.82 Å². The summed E-state index contributed by atoms with van der Waals surface area (Å²) in [5.41, 5.74) is 15.1. The Kier molecular flexibility index (Phi) is 12.9. The first-order valence-corrected chi connectivity index (χ1v) is 24.0. The zero-order valence-corrected chi connectivity index (χ0v) is 44.8. The minimum absolute atomic E-state index is 0. The molecule has 0 saturated heterocycles. The van der Waals surface area contributed by atoms with E-state index in [4.69, 9.17) is 9.72 Å². The standard InChI is InChI=1S/C62H67N4O.Pt/c1-40(2)30-42-31-58(63-38-53(42)41-22-24-43(25-23-41)59(3,4)5)66-56-35-44(60(6,7)8)26-28-51(56)52-29-27-50(37-57(52)66)67-49-19-17-18-47(36-49)64-39-65(55-21-16-15-20-54(55)64)48-33-45(61(9,10)11)32-46(34-48)62(12,13)14;/h15-29,31-35,38-40H,30H2,1-14H3;/q-3;. The van der Waals surface area contributed by atoms with E-state index in [0.29, 0.717) is 17.4 Å². The van der Waals surface area contributed by atoms with E-state index < -0.39 is 0 Å². The molecule has 0 atom stereocenters. The van der Waals surface area contributed by atoms with Crippen LogP contribution in [0.15, 0.2) is 128 Å². The number of aromatic nitrogens is 2. The second-order valence-electron chi connectivity index (χ2n) is 23.1. The SMILES string of the molecule is CC(C)Cc1cc(-n2c3[c-]c(Oc4[c-]c(N5[CH-]N(c6cc(C(C)(C)C)cc(C(C)(C)C)c6)c6ccccc65)ccc4)ccc3c3ccc(C(C)(C)C)cc32)ncc1-c1ccc(C(C)(C)C)cc1.[Pt]. The molecule has 0 N–H and O–H groups in total. The van der Waals surface area contributed by atoms with Crippen molar-refractivity contribution in [1.29, 1.82) is 0 Å². The number of hydrogen-bond acceptors (Lipinski definition) is 4. The molecule has 3 heterocycles. The average Bonchev–Trinajstić information content (AvgIpc) is 3.81.